The van der Waals surface area contributed by atoms with Crippen molar-refractivity contribution in [3.63, 3.8) is 0 Å². The van der Waals surface area contributed by atoms with E-state index in [2.05, 4.69) is 12.2 Å². The summed E-state index contributed by atoms with van der Waals surface area (Å²) in [5.74, 6) is -0.382. The molecule has 0 spiro atoms. The fourth-order valence-electron chi connectivity index (χ4n) is 5.52. The highest BCUT2D eigenvalue weighted by atomic mass is 127. The third kappa shape index (κ3) is 18.7. The summed E-state index contributed by atoms with van der Waals surface area (Å²) in [6.45, 7) is 7.32. The molecule has 10 heteroatoms. The first-order chi connectivity index (χ1) is 21.4. The van der Waals surface area contributed by atoms with Crippen LogP contribution in [0.3, 0.4) is 0 Å². The van der Waals surface area contributed by atoms with Crippen LogP contribution in [0.25, 0.3) is 0 Å². The summed E-state index contributed by atoms with van der Waals surface area (Å²) < 4.78 is 18.3. The Kier molecular flexibility index (Phi) is 23.9. The van der Waals surface area contributed by atoms with Gasteiger partial charge in [0.25, 0.3) is 0 Å². The van der Waals surface area contributed by atoms with E-state index in [9.17, 15) is 14.4 Å². The number of rotatable bonds is 24. The number of nitrogens with zero attached hydrogens (tertiary/aromatic N) is 2. The second-order valence-corrected chi connectivity index (χ2v) is 12.1. The fraction of sp³-hybridized carbons (Fsp3) is 0.771. The van der Waals surface area contributed by atoms with Gasteiger partial charge in [-0.1, -0.05) is 109 Å². The summed E-state index contributed by atoms with van der Waals surface area (Å²) >= 11 is 0. The topological polar surface area (TPSA) is 98.0 Å². The third-order valence-electron chi connectivity index (χ3n) is 8.30. The minimum Gasteiger partial charge on any atom is -1.00 e. The standard InChI is InChI=1S/C35H59N3O6.HI/c1-4-6-7-8-9-10-11-12-13-14-15-16-17-18-19-21-24-36-34(40)42-28-32-26-33(44-32)29-43-35(41)38(30(3)39)27-31-23-20-22-25-37(31)5-2;/h20,22-23,25,32-33H,4-19,21,24,26-29H2,1-3H3;1H. The van der Waals surface area contributed by atoms with Gasteiger partial charge in [0.05, 0.1) is 12.2 Å². The fourth-order valence-corrected chi connectivity index (χ4v) is 5.52. The number of carbonyl (C=O) groups excluding carboxylic acids is 3. The summed E-state index contributed by atoms with van der Waals surface area (Å²) in [5.41, 5.74) is 0.840. The highest BCUT2D eigenvalue weighted by molar-refractivity contribution is 5.90. The average Bonchev–Trinajstić information content (AvgIpc) is 3.00. The Morgan fingerprint density at radius 3 is 1.84 bits per heavy atom. The van der Waals surface area contributed by atoms with Gasteiger partial charge in [0.15, 0.2) is 6.20 Å². The molecule has 1 fully saturated rings. The number of halogens is 1. The van der Waals surface area contributed by atoms with Crippen molar-refractivity contribution in [1.82, 2.24) is 10.2 Å². The highest BCUT2D eigenvalue weighted by Crippen LogP contribution is 2.21. The van der Waals surface area contributed by atoms with Crippen LogP contribution in [0, 0.1) is 0 Å². The Morgan fingerprint density at radius 1 is 0.822 bits per heavy atom. The minimum atomic E-state index is -0.694. The lowest BCUT2D eigenvalue weighted by molar-refractivity contribution is -0.701. The predicted molar refractivity (Wildman–Crippen MR) is 172 cm³/mol. The van der Waals surface area contributed by atoms with Gasteiger partial charge < -0.3 is 43.5 Å². The monoisotopic (exact) mass is 745 g/mol. The molecule has 45 heavy (non-hydrogen) atoms. The van der Waals surface area contributed by atoms with Crippen molar-refractivity contribution in [1.29, 1.82) is 0 Å². The zero-order chi connectivity index (χ0) is 31.8. The highest BCUT2D eigenvalue weighted by Gasteiger charge is 2.33. The lowest BCUT2D eigenvalue weighted by atomic mass is 10.0. The van der Waals surface area contributed by atoms with E-state index in [1.54, 1.807) is 0 Å². The van der Waals surface area contributed by atoms with Crippen LogP contribution < -0.4 is 33.9 Å². The van der Waals surface area contributed by atoms with Crippen molar-refractivity contribution in [2.24, 2.45) is 0 Å². The second kappa shape index (κ2) is 26.2. The van der Waals surface area contributed by atoms with Crippen molar-refractivity contribution in [2.45, 2.75) is 155 Å². The molecule has 0 radical (unpaired) electrons. The van der Waals surface area contributed by atoms with E-state index in [0.717, 1.165) is 30.0 Å². The largest absolute Gasteiger partial charge is 1.00 e. The van der Waals surface area contributed by atoms with Crippen molar-refractivity contribution < 1.29 is 57.1 Å². The molecule has 0 bridgehead atoms. The maximum absolute atomic E-state index is 12.6. The Balaban J connectivity index is 0.0000101. The number of hydrogen-bond donors (Lipinski definition) is 1. The summed E-state index contributed by atoms with van der Waals surface area (Å²) in [4.78, 5) is 37.7. The number of pyridine rings is 1. The number of carbonyl (C=O) groups is 3. The number of amides is 3. The van der Waals surface area contributed by atoms with Gasteiger partial charge in [-0.25, -0.2) is 19.1 Å². The van der Waals surface area contributed by atoms with Crippen molar-refractivity contribution in [3.8, 4) is 0 Å². The molecule has 1 saturated heterocycles. The summed E-state index contributed by atoms with van der Waals surface area (Å²) in [6, 6.07) is 5.66. The molecule has 3 amide bonds. The Bertz CT molecular complexity index is 944. The van der Waals surface area contributed by atoms with Gasteiger partial charge in [-0.15, -0.1) is 0 Å². The predicted octanol–water partition coefficient (Wildman–Crippen LogP) is 4.63. The maximum atomic E-state index is 12.6. The first-order valence-electron chi connectivity index (χ1n) is 17.4. The molecule has 2 rings (SSSR count). The third-order valence-corrected chi connectivity index (χ3v) is 8.30. The van der Waals surface area contributed by atoms with E-state index in [1.807, 2.05) is 35.9 Å². The number of unbranched alkanes of at least 4 members (excludes halogenated alkanes) is 15. The number of hydrogen-bond acceptors (Lipinski definition) is 6. The number of nitrogens with one attached hydrogen (secondary N) is 1. The first-order valence-corrected chi connectivity index (χ1v) is 17.4. The van der Waals surface area contributed by atoms with E-state index < -0.39 is 12.2 Å². The molecular formula is C35H60IN3O6. The van der Waals surface area contributed by atoms with Gasteiger partial charge in [-0.05, 0) is 13.3 Å². The molecule has 0 aromatic carbocycles. The molecule has 1 aliphatic rings. The lowest BCUT2D eigenvalue weighted by Crippen LogP contribution is -3.00. The van der Waals surface area contributed by atoms with Crippen molar-refractivity contribution in [2.75, 3.05) is 19.8 Å². The molecular weight excluding hydrogens is 685 g/mol. The smallest absolute Gasteiger partial charge is 0.417 e. The lowest BCUT2D eigenvalue weighted by Gasteiger charge is -2.35. The molecule has 1 aromatic heterocycles. The summed E-state index contributed by atoms with van der Waals surface area (Å²) in [5, 5.41) is 2.81. The van der Waals surface area contributed by atoms with Gasteiger partial charge in [0.1, 0.15) is 26.3 Å². The SMILES string of the molecule is CCCCCCCCCCCCCCCCCCNC(=O)OCC1CC(COC(=O)N(Cc2cccc[n+]2CC)C(C)=O)O1.[I-]. The van der Waals surface area contributed by atoms with E-state index in [1.165, 1.54) is 96.8 Å². The van der Waals surface area contributed by atoms with E-state index in [0.29, 0.717) is 13.0 Å². The average molecular weight is 746 g/mol. The van der Waals surface area contributed by atoms with Crippen LogP contribution in [-0.2, 0) is 32.1 Å². The zero-order valence-electron chi connectivity index (χ0n) is 28.2. The van der Waals surface area contributed by atoms with Crippen molar-refractivity contribution in [3.05, 3.63) is 30.1 Å². The van der Waals surface area contributed by atoms with Gasteiger partial charge >= 0.3 is 12.2 Å². The molecule has 1 aromatic rings. The van der Waals surface area contributed by atoms with Gasteiger partial charge in [-0.3, -0.25) is 4.79 Å². The molecule has 1 N–H and O–H groups in total. The first kappa shape index (κ1) is 41.1. The summed E-state index contributed by atoms with van der Waals surface area (Å²) in [7, 11) is 0. The van der Waals surface area contributed by atoms with Gasteiger partial charge in [0.2, 0.25) is 11.6 Å². The normalized spacial score (nSPS) is 15.4. The Hall–Kier alpha value is -1.95. The number of imide groups is 1. The van der Waals surface area contributed by atoms with E-state index in [4.69, 9.17) is 14.2 Å². The van der Waals surface area contributed by atoms with Crippen LogP contribution in [0.15, 0.2) is 24.4 Å². The molecule has 2 atom stereocenters. The van der Waals surface area contributed by atoms with E-state index >= 15 is 0 Å². The number of ether oxygens (including phenoxy) is 3. The van der Waals surface area contributed by atoms with Crippen LogP contribution in [0.4, 0.5) is 9.59 Å². The zero-order valence-corrected chi connectivity index (χ0v) is 30.4. The minimum absolute atomic E-state index is 0. The Morgan fingerprint density at radius 2 is 1.33 bits per heavy atom. The summed E-state index contributed by atoms with van der Waals surface area (Å²) in [6.07, 6.45) is 22.1. The van der Waals surface area contributed by atoms with Gasteiger partial charge in [-0.2, -0.15) is 0 Å². The second-order valence-electron chi connectivity index (χ2n) is 12.1. The van der Waals surface area contributed by atoms with Crippen LogP contribution in [-0.4, -0.2) is 55.0 Å². The maximum Gasteiger partial charge on any atom is 0.417 e. The molecule has 2 heterocycles. The van der Waals surface area contributed by atoms with Crippen LogP contribution in [0.5, 0.6) is 0 Å². The van der Waals surface area contributed by atoms with Gasteiger partial charge in [0, 0.05) is 32.0 Å². The molecule has 0 saturated carbocycles. The molecule has 2 unspecified atom stereocenters. The number of alkyl carbamates (subject to hydrolysis) is 1. The molecule has 258 valence electrons. The van der Waals surface area contributed by atoms with Crippen molar-refractivity contribution >= 4 is 18.1 Å². The number of aromatic nitrogens is 1. The number of aryl methyl sites for hydroxylation is 1. The molecule has 9 nitrogen and oxygen atoms in total. The molecule has 1 aliphatic heterocycles. The molecule has 0 aliphatic carbocycles. The van der Waals surface area contributed by atoms with Crippen LogP contribution in [0.2, 0.25) is 0 Å². The van der Waals surface area contributed by atoms with Crippen LogP contribution >= 0.6 is 0 Å². The quantitative estimate of drug-likeness (QED) is 0.0943. The van der Waals surface area contributed by atoms with Crippen LogP contribution in [0.1, 0.15) is 136 Å². The Labute approximate surface area is 289 Å². The van der Waals surface area contributed by atoms with E-state index in [-0.39, 0.29) is 61.9 Å².